The molecule has 0 unspecified atom stereocenters. The van der Waals surface area contributed by atoms with Gasteiger partial charge in [-0.05, 0) is 17.0 Å². The summed E-state index contributed by atoms with van der Waals surface area (Å²) in [6, 6.07) is 2.10. The summed E-state index contributed by atoms with van der Waals surface area (Å²) in [5.74, 6) is 2.38. The van der Waals surface area contributed by atoms with Gasteiger partial charge >= 0.3 is 0 Å². The van der Waals surface area contributed by atoms with Crippen molar-refractivity contribution in [2.45, 2.75) is 51.8 Å². The van der Waals surface area contributed by atoms with Crippen LogP contribution in [0.3, 0.4) is 0 Å². The first-order chi connectivity index (χ1) is 11.6. The van der Waals surface area contributed by atoms with Crippen LogP contribution in [0.5, 0.6) is 0 Å². The van der Waals surface area contributed by atoms with Crippen molar-refractivity contribution in [1.29, 1.82) is 0 Å². The number of carbonyl (C=O) groups is 1. The predicted octanol–water partition coefficient (Wildman–Crippen LogP) is 2.51. The standard InChI is InChI=1S/C17H22N4O2S/c1-11(2)17-19-18-15-10-20(5-6-21(15)17)16(22)9-13-12-4-8-24-14(12)3-7-23-13/h4,8,11,13H,3,5-7,9-10H2,1-2H3/t13-/m1/s1. The first kappa shape index (κ1) is 15.8. The second-order valence-electron chi connectivity index (χ2n) is 6.71. The number of ether oxygens (including phenoxy) is 1. The van der Waals surface area contributed by atoms with Crippen LogP contribution in [0.4, 0.5) is 0 Å². The molecule has 24 heavy (non-hydrogen) atoms. The summed E-state index contributed by atoms with van der Waals surface area (Å²) in [5, 5.41) is 10.6. The molecule has 0 aromatic carbocycles. The summed E-state index contributed by atoms with van der Waals surface area (Å²) >= 11 is 1.76. The summed E-state index contributed by atoms with van der Waals surface area (Å²) < 4.78 is 8.01. The monoisotopic (exact) mass is 346 g/mol. The normalized spacial score (nSPS) is 20.1. The Morgan fingerprint density at radius 2 is 2.29 bits per heavy atom. The molecule has 0 saturated carbocycles. The fraction of sp³-hybridized carbons (Fsp3) is 0.588. The van der Waals surface area contributed by atoms with Gasteiger partial charge in [-0.3, -0.25) is 4.79 Å². The third-order valence-electron chi connectivity index (χ3n) is 4.79. The van der Waals surface area contributed by atoms with Gasteiger partial charge in [0.05, 0.1) is 25.7 Å². The molecule has 0 fully saturated rings. The van der Waals surface area contributed by atoms with Crippen molar-refractivity contribution in [3.8, 4) is 0 Å². The Kier molecular flexibility index (Phi) is 4.14. The Morgan fingerprint density at radius 3 is 3.12 bits per heavy atom. The smallest absolute Gasteiger partial charge is 0.226 e. The molecule has 0 N–H and O–H groups in total. The Labute approximate surface area is 145 Å². The van der Waals surface area contributed by atoms with Crippen molar-refractivity contribution >= 4 is 17.2 Å². The number of aromatic nitrogens is 3. The Balaban J connectivity index is 1.45. The van der Waals surface area contributed by atoms with E-state index < -0.39 is 0 Å². The maximum Gasteiger partial charge on any atom is 0.226 e. The van der Waals surface area contributed by atoms with E-state index in [9.17, 15) is 4.79 Å². The summed E-state index contributed by atoms with van der Waals surface area (Å²) in [5.41, 5.74) is 1.20. The molecule has 4 heterocycles. The van der Waals surface area contributed by atoms with Crippen LogP contribution < -0.4 is 0 Å². The van der Waals surface area contributed by atoms with Crippen LogP contribution in [0.15, 0.2) is 11.4 Å². The van der Waals surface area contributed by atoms with Gasteiger partial charge in [-0.1, -0.05) is 13.8 Å². The summed E-state index contributed by atoms with van der Waals surface area (Å²) in [7, 11) is 0. The second-order valence-corrected chi connectivity index (χ2v) is 7.71. The highest BCUT2D eigenvalue weighted by atomic mass is 32.1. The minimum atomic E-state index is -0.0986. The maximum absolute atomic E-state index is 12.7. The zero-order valence-electron chi connectivity index (χ0n) is 14.1. The molecule has 2 aromatic heterocycles. The highest BCUT2D eigenvalue weighted by molar-refractivity contribution is 7.10. The van der Waals surface area contributed by atoms with Crippen LogP contribution in [0.25, 0.3) is 0 Å². The zero-order valence-corrected chi connectivity index (χ0v) is 14.9. The third kappa shape index (κ3) is 2.75. The molecular weight excluding hydrogens is 324 g/mol. The Bertz CT molecular complexity index is 752. The van der Waals surface area contributed by atoms with Gasteiger partial charge in [0, 0.05) is 30.3 Å². The summed E-state index contributed by atoms with van der Waals surface area (Å²) in [6.07, 6.45) is 1.27. The summed E-state index contributed by atoms with van der Waals surface area (Å²) in [6.45, 7) is 6.98. The number of carbonyl (C=O) groups excluding carboxylic acids is 1. The minimum absolute atomic E-state index is 0.0986. The van der Waals surface area contributed by atoms with E-state index in [1.165, 1.54) is 10.4 Å². The predicted molar refractivity (Wildman–Crippen MR) is 90.9 cm³/mol. The van der Waals surface area contributed by atoms with Gasteiger partial charge in [0.2, 0.25) is 5.91 Å². The molecule has 0 spiro atoms. The molecule has 0 saturated heterocycles. The molecule has 6 nitrogen and oxygen atoms in total. The average molecular weight is 346 g/mol. The van der Waals surface area contributed by atoms with Gasteiger partial charge < -0.3 is 14.2 Å². The third-order valence-corrected chi connectivity index (χ3v) is 5.78. The van der Waals surface area contributed by atoms with Crippen LogP contribution >= 0.6 is 11.3 Å². The van der Waals surface area contributed by atoms with Gasteiger partial charge in [0.1, 0.15) is 5.82 Å². The van der Waals surface area contributed by atoms with Gasteiger partial charge in [0.15, 0.2) is 5.82 Å². The lowest BCUT2D eigenvalue weighted by Gasteiger charge is -2.30. The SMILES string of the molecule is CC(C)c1nnc2n1CCN(C(=O)C[C@H]1OCCc3sccc31)C2. The molecule has 128 valence electrons. The number of thiophene rings is 1. The maximum atomic E-state index is 12.7. The van der Waals surface area contributed by atoms with E-state index in [1.54, 1.807) is 11.3 Å². The van der Waals surface area contributed by atoms with Gasteiger partial charge in [0.25, 0.3) is 0 Å². The molecule has 1 atom stereocenters. The number of amides is 1. The van der Waals surface area contributed by atoms with Crippen LogP contribution in [0.1, 0.15) is 54.4 Å². The van der Waals surface area contributed by atoms with Crippen molar-refractivity contribution in [3.05, 3.63) is 33.5 Å². The number of fused-ring (bicyclic) bond motifs is 2. The lowest BCUT2D eigenvalue weighted by Crippen LogP contribution is -2.39. The minimum Gasteiger partial charge on any atom is -0.373 e. The van der Waals surface area contributed by atoms with Crippen LogP contribution in [-0.4, -0.2) is 38.7 Å². The van der Waals surface area contributed by atoms with E-state index in [1.807, 2.05) is 4.90 Å². The number of hydrogen-bond acceptors (Lipinski definition) is 5. The number of rotatable bonds is 3. The highest BCUT2D eigenvalue weighted by Gasteiger charge is 2.29. The fourth-order valence-electron chi connectivity index (χ4n) is 3.50. The Morgan fingerprint density at radius 1 is 1.42 bits per heavy atom. The quantitative estimate of drug-likeness (QED) is 0.857. The molecule has 0 bridgehead atoms. The molecule has 1 amide bonds. The van der Waals surface area contributed by atoms with Crippen LogP contribution in [0.2, 0.25) is 0 Å². The van der Waals surface area contributed by atoms with Crippen molar-refractivity contribution < 1.29 is 9.53 Å². The number of hydrogen-bond donors (Lipinski definition) is 0. The number of nitrogens with zero attached hydrogens (tertiary/aromatic N) is 4. The van der Waals surface area contributed by atoms with Crippen molar-refractivity contribution in [1.82, 2.24) is 19.7 Å². The molecule has 2 aliphatic heterocycles. The molecule has 4 rings (SSSR count). The molecule has 0 aliphatic carbocycles. The Hall–Kier alpha value is -1.73. The topological polar surface area (TPSA) is 60.2 Å². The van der Waals surface area contributed by atoms with Gasteiger partial charge in [-0.15, -0.1) is 21.5 Å². The van der Waals surface area contributed by atoms with Gasteiger partial charge in [-0.2, -0.15) is 0 Å². The molecule has 2 aromatic rings. The first-order valence-electron chi connectivity index (χ1n) is 8.51. The lowest BCUT2D eigenvalue weighted by atomic mass is 10.0. The van der Waals surface area contributed by atoms with E-state index in [-0.39, 0.29) is 12.0 Å². The van der Waals surface area contributed by atoms with Gasteiger partial charge in [-0.25, -0.2) is 0 Å². The van der Waals surface area contributed by atoms with E-state index in [2.05, 4.69) is 40.1 Å². The fourth-order valence-corrected chi connectivity index (χ4v) is 4.42. The van der Waals surface area contributed by atoms with Crippen LogP contribution in [0, 0.1) is 0 Å². The van der Waals surface area contributed by atoms with E-state index >= 15 is 0 Å². The molecule has 0 radical (unpaired) electrons. The average Bonchev–Trinajstić information content (AvgIpc) is 3.21. The molecule has 2 aliphatic rings. The highest BCUT2D eigenvalue weighted by Crippen LogP contribution is 2.33. The van der Waals surface area contributed by atoms with Crippen LogP contribution in [-0.2, 0) is 29.0 Å². The zero-order chi connectivity index (χ0) is 16.7. The molecular formula is C17H22N4O2S. The first-order valence-corrected chi connectivity index (χ1v) is 9.39. The van der Waals surface area contributed by atoms with Crippen molar-refractivity contribution in [3.63, 3.8) is 0 Å². The molecule has 7 heteroatoms. The van der Waals surface area contributed by atoms with E-state index in [4.69, 9.17) is 4.74 Å². The van der Waals surface area contributed by atoms with Crippen molar-refractivity contribution in [2.24, 2.45) is 0 Å². The van der Waals surface area contributed by atoms with Crippen molar-refractivity contribution in [2.75, 3.05) is 13.2 Å². The lowest BCUT2D eigenvalue weighted by molar-refractivity contribution is -0.136. The summed E-state index contributed by atoms with van der Waals surface area (Å²) in [4.78, 5) is 16.0. The largest absolute Gasteiger partial charge is 0.373 e. The van der Waals surface area contributed by atoms with E-state index in [0.29, 0.717) is 32.0 Å². The van der Waals surface area contributed by atoms with E-state index in [0.717, 1.165) is 24.6 Å². The second kappa shape index (κ2) is 6.29.